The summed E-state index contributed by atoms with van der Waals surface area (Å²) in [4.78, 5) is 29.9. The summed E-state index contributed by atoms with van der Waals surface area (Å²) in [7, 11) is 0. The van der Waals surface area contributed by atoms with Crippen molar-refractivity contribution in [2.75, 3.05) is 0 Å². The third kappa shape index (κ3) is 3.42. The van der Waals surface area contributed by atoms with Gasteiger partial charge in [0.1, 0.15) is 12.2 Å². The molecule has 1 aromatic heterocycles. The second-order valence-electron chi connectivity index (χ2n) is 7.77. The molecule has 1 aliphatic carbocycles. The van der Waals surface area contributed by atoms with Crippen molar-refractivity contribution >= 4 is 11.9 Å². The molecule has 1 atom stereocenters. The lowest BCUT2D eigenvalue weighted by molar-refractivity contribution is 0.0641. The molecule has 0 saturated heterocycles. The molecule has 1 aliphatic rings. The van der Waals surface area contributed by atoms with Gasteiger partial charge in [0.15, 0.2) is 11.5 Å². The van der Waals surface area contributed by atoms with Gasteiger partial charge in [0, 0.05) is 22.3 Å². The molecule has 0 N–H and O–H groups in total. The first-order valence-electron chi connectivity index (χ1n) is 10.4. The molecule has 0 amide bonds. The van der Waals surface area contributed by atoms with Gasteiger partial charge in [0.2, 0.25) is 0 Å². The molecule has 2 aromatic carbocycles. The summed E-state index contributed by atoms with van der Waals surface area (Å²) < 4.78 is 10.9. The van der Waals surface area contributed by atoms with Crippen molar-refractivity contribution in [1.29, 1.82) is 5.26 Å². The molecule has 160 valence electrons. The van der Waals surface area contributed by atoms with Crippen molar-refractivity contribution in [3.63, 3.8) is 0 Å². The van der Waals surface area contributed by atoms with Crippen LogP contribution in [0.25, 0.3) is 22.3 Å². The molecule has 0 fully saturated rings. The van der Waals surface area contributed by atoms with Gasteiger partial charge in [0.05, 0.1) is 17.0 Å². The Morgan fingerprint density at radius 1 is 1.00 bits per heavy atom. The quantitative estimate of drug-likeness (QED) is 0.385. The van der Waals surface area contributed by atoms with Gasteiger partial charge in [-0.1, -0.05) is 49.4 Å². The minimum absolute atomic E-state index is 0.0721. The highest BCUT2D eigenvalue weighted by Crippen LogP contribution is 2.47. The SMILES string of the molecule is CCC(C)OC(=O)Oc1c(C)nc(C)c(C#N)c1-c1cccc2c1-c1ccccc1C2=O. The van der Waals surface area contributed by atoms with Crippen LogP contribution in [0.2, 0.25) is 0 Å². The topological polar surface area (TPSA) is 89.3 Å². The zero-order valence-electron chi connectivity index (χ0n) is 18.4. The summed E-state index contributed by atoms with van der Waals surface area (Å²) in [5.41, 5.74) is 4.97. The number of ketones is 1. The van der Waals surface area contributed by atoms with Crippen LogP contribution in [-0.2, 0) is 4.74 Å². The van der Waals surface area contributed by atoms with Gasteiger partial charge in [-0.3, -0.25) is 9.78 Å². The first-order chi connectivity index (χ1) is 15.4. The number of rotatable bonds is 4. The van der Waals surface area contributed by atoms with Crippen LogP contribution in [0, 0.1) is 25.2 Å². The van der Waals surface area contributed by atoms with Gasteiger partial charge in [-0.15, -0.1) is 0 Å². The van der Waals surface area contributed by atoms with Crippen LogP contribution in [0.4, 0.5) is 4.79 Å². The highest BCUT2D eigenvalue weighted by atomic mass is 16.7. The Kier molecular flexibility index (Phi) is 5.50. The summed E-state index contributed by atoms with van der Waals surface area (Å²) in [6, 6.07) is 14.9. The van der Waals surface area contributed by atoms with Crippen LogP contribution in [0.5, 0.6) is 5.75 Å². The monoisotopic (exact) mass is 426 g/mol. The Labute approximate surface area is 186 Å². The standard InChI is InChI=1S/C26H22N2O4/c1-5-14(2)31-26(30)32-25-16(4)28-15(3)21(13-27)23(25)19-11-8-12-20-22(19)17-9-6-7-10-18(17)24(20)29/h6-12,14H,5H2,1-4H3. The van der Waals surface area contributed by atoms with E-state index >= 15 is 0 Å². The Balaban J connectivity index is 1.98. The van der Waals surface area contributed by atoms with E-state index < -0.39 is 6.16 Å². The smallest absolute Gasteiger partial charge is 0.431 e. The van der Waals surface area contributed by atoms with Crippen LogP contribution in [0.15, 0.2) is 42.5 Å². The second kappa shape index (κ2) is 8.27. The third-order valence-corrected chi connectivity index (χ3v) is 5.69. The van der Waals surface area contributed by atoms with Crippen LogP contribution < -0.4 is 4.74 Å². The van der Waals surface area contributed by atoms with E-state index in [0.29, 0.717) is 40.1 Å². The van der Waals surface area contributed by atoms with Gasteiger partial charge in [-0.05, 0) is 38.3 Å². The van der Waals surface area contributed by atoms with E-state index in [4.69, 9.17) is 9.47 Å². The van der Waals surface area contributed by atoms with Gasteiger partial charge in [0.25, 0.3) is 0 Å². The number of aryl methyl sites for hydroxylation is 2. The van der Waals surface area contributed by atoms with Gasteiger partial charge >= 0.3 is 6.16 Å². The average molecular weight is 426 g/mol. The number of hydrogen-bond acceptors (Lipinski definition) is 6. The number of carbonyl (C=O) groups is 2. The zero-order valence-corrected chi connectivity index (χ0v) is 18.4. The van der Waals surface area contributed by atoms with Crippen molar-refractivity contribution < 1.29 is 19.1 Å². The fourth-order valence-electron chi connectivity index (χ4n) is 3.99. The van der Waals surface area contributed by atoms with E-state index in [1.807, 2.05) is 31.2 Å². The van der Waals surface area contributed by atoms with Gasteiger partial charge in [-0.2, -0.15) is 5.26 Å². The molecule has 32 heavy (non-hydrogen) atoms. The largest absolute Gasteiger partial charge is 0.514 e. The maximum atomic E-state index is 13.0. The van der Waals surface area contributed by atoms with Crippen molar-refractivity contribution in [2.24, 2.45) is 0 Å². The number of hydrogen-bond donors (Lipinski definition) is 0. The Bertz CT molecular complexity index is 1300. The summed E-state index contributed by atoms with van der Waals surface area (Å²) in [5.74, 6) is 0.0859. The molecule has 0 radical (unpaired) electrons. The van der Waals surface area contributed by atoms with Crippen LogP contribution in [0.1, 0.15) is 53.1 Å². The minimum atomic E-state index is -0.859. The normalized spacial score (nSPS) is 12.5. The summed E-state index contributed by atoms with van der Waals surface area (Å²) in [6.45, 7) is 7.12. The molecule has 0 spiro atoms. The lowest BCUT2D eigenvalue weighted by Crippen LogP contribution is -2.19. The van der Waals surface area contributed by atoms with Crippen molar-refractivity contribution in [2.45, 2.75) is 40.2 Å². The first kappa shape index (κ1) is 21.3. The number of aromatic nitrogens is 1. The molecule has 0 saturated carbocycles. The molecule has 0 aliphatic heterocycles. The molecule has 4 rings (SSSR count). The van der Waals surface area contributed by atoms with E-state index in [9.17, 15) is 14.9 Å². The average Bonchev–Trinajstić information content (AvgIpc) is 3.08. The Hall–Kier alpha value is -3.98. The Morgan fingerprint density at radius 2 is 1.66 bits per heavy atom. The van der Waals surface area contributed by atoms with E-state index in [-0.39, 0.29) is 23.2 Å². The summed E-state index contributed by atoms with van der Waals surface area (Å²) >= 11 is 0. The van der Waals surface area contributed by atoms with Crippen molar-refractivity contribution in [3.8, 4) is 34.1 Å². The predicted octanol–water partition coefficient (Wildman–Crippen LogP) is 5.76. The number of ether oxygens (including phenoxy) is 2. The number of nitrogens with zero attached hydrogens (tertiary/aromatic N) is 2. The van der Waals surface area contributed by atoms with Crippen LogP contribution in [-0.4, -0.2) is 23.0 Å². The molecule has 1 heterocycles. The predicted molar refractivity (Wildman–Crippen MR) is 120 cm³/mol. The van der Waals surface area contributed by atoms with Crippen LogP contribution in [0.3, 0.4) is 0 Å². The van der Waals surface area contributed by atoms with Crippen LogP contribution >= 0.6 is 0 Å². The number of benzene rings is 2. The molecule has 0 bridgehead atoms. The van der Waals surface area contributed by atoms with Crippen molar-refractivity contribution in [1.82, 2.24) is 4.98 Å². The number of pyridine rings is 1. The van der Waals surface area contributed by atoms with E-state index in [0.717, 1.165) is 11.1 Å². The first-order valence-corrected chi connectivity index (χ1v) is 10.4. The lowest BCUT2D eigenvalue weighted by atomic mass is 9.90. The van der Waals surface area contributed by atoms with E-state index in [1.165, 1.54) is 0 Å². The Morgan fingerprint density at radius 3 is 2.34 bits per heavy atom. The fraction of sp³-hybridized carbons (Fsp3) is 0.231. The van der Waals surface area contributed by atoms with Gasteiger partial charge in [-0.25, -0.2) is 4.79 Å². The molecule has 1 unspecified atom stereocenters. The number of carbonyl (C=O) groups excluding carboxylic acids is 2. The molecule has 6 heteroatoms. The molecule has 6 nitrogen and oxygen atoms in total. The van der Waals surface area contributed by atoms with Crippen molar-refractivity contribution in [3.05, 3.63) is 70.5 Å². The highest BCUT2D eigenvalue weighted by molar-refractivity contribution is 6.24. The zero-order chi connectivity index (χ0) is 23.0. The summed E-state index contributed by atoms with van der Waals surface area (Å²) in [6.07, 6.45) is -0.533. The third-order valence-electron chi connectivity index (χ3n) is 5.69. The van der Waals surface area contributed by atoms with E-state index in [1.54, 1.807) is 39.0 Å². The highest BCUT2D eigenvalue weighted by Gasteiger charge is 2.32. The van der Waals surface area contributed by atoms with Gasteiger partial charge < -0.3 is 9.47 Å². The molecular weight excluding hydrogens is 404 g/mol. The minimum Gasteiger partial charge on any atom is -0.431 e. The molecular formula is C26H22N2O4. The maximum Gasteiger partial charge on any atom is 0.514 e. The number of fused-ring (bicyclic) bond motifs is 3. The number of nitriles is 1. The molecule has 3 aromatic rings. The van der Waals surface area contributed by atoms with E-state index in [2.05, 4.69) is 11.1 Å². The fourth-order valence-corrected chi connectivity index (χ4v) is 3.99. The second-order valence-corrected chi connectivity index (χ2v) is 7.77. The lowest BCUT2D eigenvalue weighted by Gasteiger charge is -2.19. The summed E-state index contributed by atoms with van der Waals surface area (Å²) in [5, 5.41) is 9.96. The maximum absolute atomic E-state index is 13.0.